The first-order valence-electron chi connectivity index (χ1n) is 33.5. The molecule has 4 fully saturated rings. The third-order valence-electron chi connectivity index (χ3n) is 19.2. The molecule has 38 heteroatoms. The van der Waals surface area contributed by atoms with Crippen LogP contribution >= 0.6 is 0 Å². The van der Waals surface area contributed by atoms with Gasteiger partial charge in [-0.2, -0.15) is 0 Å². The second-order valence-corrected chi connectivity index (χ2v) is 26.5. The first-order chi connectivity index (χ1) is 52.1. The smallest absolute Gasteiger partial charge is 0.357 e. The maximum atomic E-state index is 14.3. The number of aliphatic hydroxyl groups is 14. The van der Waals surface area contributed by atoms with Gasteiger partial charge in [0.2, 0.25) is 12.6 Å². The van der Waals surface area contributed by atoms with Crippen LogP contribution in [0.4, 0.5) is 0 Å². The molecule has 0 amide bonds. The maximum absolute atomic E-state index is 14.3. The Morgan fingerprint density at radius 2 is 0.764 bits per heavy atom. The standard InChI is InChI=1S/2C36H36O19/c1-14-26(42)28(44)30(46)33(49-14)52-31-29(45)27(43)23(13-37)51-34(31)50-18-11-19(39)25-22(12-18)55-36(16-4-6-17(38)7-5-16)35(48,32(25)47)53-21-10-15(3-9-24(40)41)2-8-20(21)54-36;1-14-26(42)28(44)30(46)33(49-14)52-31-29(45)27(43)23(13-37)51-34(31)50-18-11-19(39)25-22(12-18)55-36(16-4-6-17(38)7-5-16)35(48,32(25)47)53-20-8-2-15(3-9-24(40)41)10-21(20)54-36/h2*2-12,14,23,26-31,33-34,37-39,42-46,48H,13H2,1H3,(H,40,41)/b2*9-3+/t2*14-,23+,26-,27+,28+,29-,30+,31+,33-,34?,35?,36?/m00/s1. The first-order valence-corrected chi connectivity index (χ1v) is 33.5. The zero-order valence-corrected chi connectivity index (χ0v) is 57.0. The molecular formula is C72H72O38. The minimum atomic E-state index is -3.07. The van der Waals surface area contributed by atoms with E-state index in [4.69, 9.17) is 76.5 Å². The number of carbonyl (C=O) groups is 4. The highest BCUT2D eigenvalue weighted by molar-refractivity contribution is 6.09. The van der Waals surface area contributed by atoms with Gasteiger partial charge in [0, 0.05) is 47.5 Å². The molecule has 110 heavy (non-hydrogen) atoms. The molecule has 0 bridgehead atoms. The van der Waals surface area contributed by atoms with Crippen molar-refractivity contribution in [2.24, 2.45) is 0 Å². The van der Waals surface area contributed by atoms with Crippen molar-refractivity contribution in [2.75, 3.05) is 13.2 Å². The van der Waals surface area contributed by atoms with Crippen LogP contribution in [0, 0.1) is 0 Å². The van der Waals surface area contributed by atoms with E-state index in [2.05, 4.69) is 0 Å². The summed E-state index contributed by atoms with van der Waals surface area (Å²) in [6.45, 7) is 1.14. The maximum Gasteiger partial charge on any atom is 0.357 e. The third kappa shape index (κ3) is 13.8. The van der Waals surface area contributed by atoms with Crippen LogP contribution in [0.5, 0.6) is 69.0 Å². The van der Waals surface area contributed by atoms with Crippen LogP contribution in [0.15, 0.2) is 121 Å². The minimum Gasteiger partial charge on any atom is -0.508 e. The highest BCUT2D eigenvalue weighted by Gasteiger charge is 2.73. The number of phenols is 4. The number of fused-ring (bicyclic) bond motifs is 6. The van der Waals surface area contributed by atoms with Gasteiger partial charge in [0.15, 0.2) is 47.8 Å². The lowest BCUT2D eigenvalue weighted by molar-refractivity contribution is -0.354. The molecule has 6 aromatic rings. The summed E-state index contributed by atoms with van der Waals surface area (Å²) in [5.41, 5.74) is -0.734. The number of ether oxygens (including phenoxy) is 14. The number of rotatable bonds is 16. The highest BCUT2D eigenvalue weighted by Crippen LogP contribution is 2.58. The van der Waals surface area contributed by atoms with Gasteiger partial charge in [0.25, 0.3) is 11.6 Å². The fourth-order valence-corrected chi connectivity index (χ4v) is 13.4. The number of carboxylic acid groups (broad SMARTS) is 2. The third-order valence-corrected chi connectivity index (χ3v) is 19.2. The van der Waals surface area contributed by atoms with Crippen molar-refractivity contribution in [3.05, 3.63) is 155 Å². The Hall–Kier alpha value is -10.1. The van der Waals surface area contributed by atoms with E-state index < -0.39 is 217 Å². The zero-order valence-electron chi connectivity index (χ0n) is 57.0. The number of aliphatic hydroxyl groups excluding tert-OH is 12. The van der Waals surface area contributed by atoms with Crippen LogP contribution in [0.2, 0.25) is 0 Å². The number of benzene rings is 6. The molecule has 588 valence electrons. The van der Waals surface area contributed by atoms with E-state index in [9.17, 15) is 111 Å². The number of carboxylic acids is 2. The van der Waals surface area contributed by atoms with Gasteiger partial charge in [0.05, 0.1) is 25.4 Å². The van der Waals surface area contributed by atoms with Crippen LogP contribution in [0.25, 0.3) is 12.2 Å². The Morgan fingerprint density at radius 1 is 0.409 bits per heavy atom. The van der Waals surface area contributed by atoms with E-state index >= 15 is 0 Å². The van der Waals surface area contributed by atoms with E-state index in [0.717, 1.165) is 36.4 Å². The molecule has 20 N–H and O–H groups in total. The molecule has 8 aliphatic heterocycles. The summed E-state index contributed by atoms with van der Waals surface area (Å²) >= 11 is 0. The van der Waals surface area contributed by atoms with Gasteiger partial charge in [-0.15, -0.1) is 0 Å². The van der Waals surface area contributed by atoms with Crippen molar-refractivity contribution in [3.63, 3.8) is 0 Å². The number of ketones is 2. The van der Waals surface area contributed by atoms with Gasteiger partial charge in [-0.1, -0.05) is 12.1 Å². The van der Waals surface area contributed by atoms with Crippen molar-refractivity contribution < 1.29 is 188 Å². The number of phenolic OH excluding ortho intramolecular Hbond substituents is 4. The summed E-state index contributed by atoms with van der Waals surface area (Å²) in [6.07, 6.45) is -28.7. The molecule has 38 nitrogen and oxygen atoms in total. The number of hydrogen-bond acceptors (Lipinski definition) is 36. The van der Waals surface area contributed by atoms with Crippen molar-refractivity contribution in [1.82, 2.24) is 0 Å². The van der Waals surface area contributed by atoms with E-state index in [1.54, 1.807) is 0 Å². The first kappa shape index (κ1) is 78.0. The number of hydrogen-bond donors (Lipinski definition) is 20. The average Bonchev–Trinajstić information content (AvgIpc) is 0.696. The summed E-state index contributed by atoms with van der Waals surface area (Å²) in [5, 5.41) is 210. The van der Waals surface area contributed by atoms with Crippen LogP contribution in [0.3, 0.4) is 0 Å². The van der Waals surface area contributed by atoms with E-state index in [1.807, 2.05) is 0 Å². The summed E-state index contributed by atoms with van der Waals surface area (Å²) in [7, 11) is 0. The normalized spacial score (nSPS) is 35.4. The zero-order chi connectivity index (χ0) is 79.1. The summed E-state index contributed by atoms with van der Waals surface area (Å²) in [4.78, 5) is 50.8. The molecule has 0 spiro atoms. The Morgan fingerprint density at radius 3 is 1.15 bits per heavy atom. The molecule has 8 aliphatic rings. The van der Waals surface area contributed by atoms with Crippen LogP contribution in [-0.4, -0.2) is 273 Å². The fraction of sp³-hybridized carbons (Fsp3) is 0.389. The fourth-order valence-electron chi connectivity index (χ4n) is 13.4. The molecule has 0 aliphatic carbocycles. The van der Waals surface area contributed by atoms with Crippen molar-refractivity contribution >= 4 is 35.7 Å². The highest BCUT2D eigenvalue weighted by atomic mass is 16.8. The average molecular weight is 1550 g/mol. The van der Waals surface area contributed by atoms with E-state index in [-0.39, 0.29) is 57.1 Å². The molecule has 6 aromatic carbocycles. The second-order valence-electron chi connectivity index (χ2n) is 26.5. The molecule has 4 saturated heterocycles. The van der Waals surface area contributed by atoms with E-state index in [0.29, 0.717) is 11.1 Å². The molecular weight excluding hydrogens is 1470 g/mol. The van der Waals surface area contributed by atoms with Crippen molar-refractivity contribution in [1.29, 1.82) is 0 Å². The molecule has 0 saturated carbocycles. The van der Waals surface area contributed by atoms with Gasteiger partial charge in [-0.05, 0) is 110 Å². The SMILES string of the molecule is C[C@@H]1O[C@@H](O[C@H]2C(Oc3cc(O)c4c(c3)OC3(c5ccc(O)cc5)Oc5cc(/C=C/C(=O)O)ccc5OC3(O)C4=O)O[C@H](CO)[C@@H](O)[C@@H]2O)[C@H](O)[C@H](O)[C@H]1O.C[C@@H]1O[C@@H](O[C@H]2C(Oc3cc(O)c4c(c3)OC3(c5ccc(O)cc5)Oc5ccc(/C=C/C(=O)O)cc5OC3(O)C4=O)O[C@H](CO)[C@@H](O)[C@@H]2O)[C@H](O)[C@H](O)[C@H]1O. The summed E-state index contributed by atoms with van der Waals surface area (Å²) < 4.78 is 82.3. The Kier molecular flexibility index (Phi) is 21.2. The van der Waals surface area contributed by atoms with E-state index in [1.165, 1.54) is 111 Å². The van der Waals surface area contributed by atoms with Crippen molar-refractivity contribution in [2.45, 2.75) is 160 Å². The van der Waals surface area contributed by atoms with Gasteiger partial charge in [-0.3, -0.25) is 9.59 Å². The second kappa shape index (κ2) is 29.9. The molecule has 24 atom stereocenters. The van der Waals surface area contributed by atoms with Gasteiger partial charge < -0.3 is 168 Å². The molecule has 0 radical (unpaired) electrons. The van der Waals surface area contributed by atoms with Gasteiger partial charge in [0.1, 0.15) is 130 Å². The molecule has 6 unspecified atom stereocenters. The molecule has 0 aromatic heterocycles. The van der Waals surface area contributed by atoms with Crippen molar-refractivity contribution in [3.8, 4) is 69.0 Å². The summed E-state index contributed by atoms with van der Waals surface area (Å²) in [5.74, 6) is -20.5. The van der Waals surface area contributed by atoms with Gasteiger partial charge in [-0.25, -0.2) is 9.59 Å². The Balaban J connectivity index is 0.000000193. The lowest BCUT2D eigenvalue weighted by Crippen LogP contribution is -2.70. The quantitative estimate of drug-likeness (QED) is 0.0450. The predicted molar refractivity (Wildman–Crippen MR) is 356 cm³/mol. The summed E-state index contributed by atoms with van der Waals surface area (Å²) in [6, 6.07) is 22.1. The monoisotopic (exact) mass is 1540 g/mol. The lowest BCUT2D eigenvalue weighted by atomic mass is 9.85. The lowest BCUT2D eigenvalue weighted by Gasteiger charge is -2.50. The minimum absolute atomic E-state index is 0.0577. The number of carbonyl (C=O) groups excluding carboxylic acids is 2. The Bertz CT molecular complexity index is 4540. The largest absolute Gasteiger partial charge is 0.508 e. The Labute approximate surface area is 618 Å². The predicted octanol–water partition coefficient (Wildman–Crippen LogP) is -2.37. The number of aliphatic carboxylic acids is 2. The number of aromatic hydroxyl groups is 4. The van der Waals surface area contributed by atoms with Crippen LogP contribution in [0.1, 0.15) is 56.8 Å². The topological polar surface area (TPSA) is 602 Å². The van der Waals surface area contributed by atoms with Crippen LogP contribution < -0.4 is 37.9 Å². The number of Topliss-reactive ketones (excluding diaryl/α,β-unsaturated/α-hetero) is 2. The van der Waals surface area contributed by atoms with Gasteiger partial charge >= 0.3 is 35.1 Å². The molecule has 14 rings (SSSR count). The molecule has 8 heterocycles. The van der Waals surface area contributed by atoms with Crippen LogP contribution in [-0.2, 0) is 49.6 Å².